The Hall–Kier alpha value is -2.16. The van der Waals surface area contributed by atoms with Gasteiger partial charge in [-0.1, -0.05) is 32.9 Å². The lowest BCUT2D eigenvalue weighted by atomic mass is 9.87. The molecular formula is C17H20N2O. The van der Waals surface area contributed by atoms with Crippen LogP contribution in [0.15, 0.2) is 42.6 Å². The predicted octanol–water partition coefficient (Wildman–Crippen LogP) is 3.94. The summed E-state index contributed by atoms with van der Waals surface area (Å²) in [4.78, 5) is 16.2. The quantitative estimate of drug-likeness (QED) is 0.896. The summed E-state index contributed by atoms with van der Waals surface area (Å²) in [6.07, 6.45) is 1.65. The molecule has 0 unspecified atom stereocenters. The molecule has 0 spiro atoms. The molecule has 1 heterocycles. The Bertz CT molecular complexity index is 610. The van der Waals surface area contributed by atoms with Gasteiger partial charge in [0.05, 0.1) is 0 Å². The van der Waals surface area contributed by atoms with E-state index in [1.807, 2.05) is 31.2 Å². The third-order valence-corrected chi connectivity index (χ3v) is 3.17. The molecule has 0 radical (unpaired) electrons. The molecule has 104 valence electrons. The third-order valence-electron chi connectivity index (χ3n) is 3.17. The van der Waals surface area contributed by atoms with Gasteiger partial charge < -0.3 is 5.32 Å². The smallest absolute Gasteiger partial charge is 0.255 e. The molecule has 1 N–H and O–H groups in total. The molecule has 0 fully saturated rings. The molecule has 1 amide bonds. The standard InChI is InChI=1S/C17H20N2O/c1-12-11-13(9-10-18-12)16(20)19-15-7-5-14(6-8-15)17(2,3)4/h5-11H,1-4H3,(H,19,20). The number of hydrogen-bond donors (Lipinski definition) is 1. The van der Waals surface area contributed by atoms with Gasteiger partial charge in [0.25, 0.3) is 5.91 Å². The number of aromatic nitrogens is 1. The van der Waals surface area contributed by atoms with Crippen molar-refractivity contribution in [1.82, 2.24) is 4.98 Å². The summed E-state index contributed by atoms with van der Waals surface area (Å²) in [5.74, 6) is -0.112. The summed E-state index contributed by atoms with van der Waals surface area (Å²) >= 11 is 0. The minimum absolute atomic E-state index is 0.112. The number of hydrogen-bond acceptors (Lipinski definition) is 2. The molecule has 0 aliphatic rings. The number of rotatable bonds is 2. The van der Waals surface area contributed by atoms with Gasteiger partial charge in [-0.15, -0.1) is 0 Å². The van der Waals surface area contributed by atoms with Gasteiger partial charge in [-0.25, -0.2) is 0 Å². The van der Waals surface area contributed by atoms with Crippen LogP contribution in [0.2, 0.25) is 0 Å². The van der Waals surface area contributed by atoms with Gasteiger partial charge in [0.2, 0.25) is 0 Å². The van der Waals surface area contributed by atoms with Crippen LogP contribution < -0.4 is 5.32 Å². The van der Waals surface area contributed by atoms with Crippen molar-refractivity contribution >= 4 is 11.6 Å². The Balaban J connectivity index is 2.12. The molecular weight excluding hydrogens is 248 g/mol. The van der Waals surface area contributed by atoms with Crippen LogP contribution in [0.25, 0.3) is 0 Å². The first-order chi connectivity index (χ1) is 9.36. The number of nitrogens with zero attached hydrogens (tertiary/aromatic N) is 1. The first-order valence-electron chi connectivity index (χ1n) is 6.71. The van der Waals surface area contributed by atoms with E-state index in [2.05, 4.69) is 31.1 Å². The van der Waals surface area contributed by atoms with Gasteiger partial charge in [-0.3, -0.25) is 9.78 Å². The summed E-state index contributed by atoms with van der Waals surface area (Å²) in [5.41, 5.74) is 3.62. The molecule has 0 aliphatic carbocycles. The van der Waals surface area contributed by atoms with Gasteiger partial charge >= 0.3 is 0 Å². The number of benzene rings is 1. The number of aryl methyl sites for hydroxylation is 1. The lowest BCUT2D eigenvalue weighted by molar-refractivity contribution is 0.102. The Labute approximate surface area is 120 Å². The van der Waals surface area contributed by atoms with Gasteiger partial charge in [-0.2, -0.15) is 0 Å². The van der Waals surface area contributed by atoms with E-state index in [1.165, 1.54) is 5.56 Å². The average molecular weight is 268 g/mol. The fourth-order valence-corrected chi connectivity index (χ4v) is 1.94. The maximum atomic E-state index is 12.1. The third kappa shape index (κ3) is 3.44. The van der Waals surface area contributed by atoms with Crippen molar-refractivity contribution < 1.29 is 4.79 Å². The van der Waals surface area contributed by atoms with Gasteiger partial charge in [0.1, 0.15) is 0 Å². The number of carbonyl (C=O) groups excluding carboxylic acids is 1. The van der Waals surface area contributed by atoms with Crippen molar-refractivity contribution in [2.24, 2.45) is 0 Å². The van der Waals surface area contributed by atoms with Gasteiger partial charge in [0, 0.05) is 23.1 Å². The van der Waals surface area contributed by atoms with Crippen molar-refractivity contribution in [2.75, 3.05) is 5.32 Å². The highest BCUT2D eigenvalue weighted by atomic mass is 16.1. The van der Waals surface area contributed by atoms with E-state index in [4.69, 9.17) is 0 Å². The molecule has 0 saturated carbocycles. The lowest BCUT2D eigenvalue weighted by Crippen LogP contribution is -2.13. The molecule has 0 bridgehead atoms. The van der Waals surface area contributed by atoms with E-state index in [9.17, 15) is 4.79 Å². The van der Waals surface area contributed by atoms with Crippen molar-refractivity contribution in [2.45, 2.75) is 33.1 Å². The maximum absolute atomic E-state index is 12.1. The molecule has 0 saturated heterocycles. The second-order valence-electron chi connectivity index (χ2n) is 5.97. The largest absolute Gasteiger partial charge is 0.322 e. The normalized spacial score (nSPS) is 11.2. The lowest BCUT2D eigenvalue weighted by Gasteiger charge is -2.19. The summed E-state index contributed by atoms with van der Waals surface area (Å²) in [6.45, 7) is 8.37. The van der Waals surface area contributed by atoms with Crippen molar-refractivity contribution in [3.63, 3.8) is 0 Å². The minimum Gasteiger partial charge on any atom is -0.322 e. The topological polar surface area (TPSA) is 42.0 Å². The predicted molar refractivity (Wildman–Crippen MR) is 82.1 cm³/mol. The number of carbonyl (C=O) groups is 1. The molecule has 1 aromatic carbocycles. The zero-order valence-electron chi connectivity index (χ0n) is 12.4. The van der Waals surface area contributed by atoms with Gasteiger partial charge in [0.15, 0.2) is 0 Å². The Morgan fingerprint density at radius 3 is 2.30 bits per heavy atom. The maximum Gasteiger partial charge on any atom is 0.255 e. The van der Waals surface area contributed by atoms with E-state index in [0.29, 0.717) is 5.56 Å². The number of anilines is 1. The molecule has 1 aromatic heterocycles. The zero-order valence-corrected chi connectivity index (χ0v) is 12.4. The van der Waals surface area contributed by atoms with Crippen LogP contribution in [0.3, 0.4) is 0 Å². The Kier molecular flexibility index (Phi) is 3.89. The highest BCUT2D eigenvalue weighted by Crippen LogP contribution is 2.23. The second kappa shape index (κ2) is 5.45. The van der Waals surface area contributed by atoms with Crippen LogP contribution in [0.1, 0.15) is 42.4 Å². The first-order valence-corrected chi connectivity index (χ1v) is 6.71. The molecule has 0 atom stereocenters. The average Bonchev–Trinajstić information content (AvgIpc) is 2.38. The van der Waals surface area contributed by atoms with Crippen LogP contribution >= 0.6 is 0 Å². The van der Waals surface area contributed by atoms with Crippen LogP contribution in [-0.2, 0) is 5.41 Å². The molecule has 3 nitrogen and oxygen atoms in total. The number of pyridine rings is 1. The second-order valence-corrected chi connectivity index (χ2v) is 5.97. The van der Waals surface area contributed by atoms with E-state index in [1.54, 1.807) is 18.3 Å². The van der Waals surface area contributed by atoms with E-state index >= 15 is 0 Å². The number of nitrogens with one attached hydrogen (secondary N) is 1. The van der Waals surface area contributed by atoms with Gasteiger partial charge in [-0.05, 0) is 42.2 Å². The summed E-state index contributed by atoms with van der Waals surface area (Å²) in [5, 5.41) is 2.90. The molecule has 3 heteroatoms. The SMILES string of the molecule is Cc1cc(C(=O)Nc2ccc(C(C)(C)C)cc2)ccn1. The van der Waals surface area contributed by atoms with E-state index in [0.717, 1.165) is 11.4 Å². The van der Waals surface area contributed by atoms with E-state index < -0.39 is 0 Å². The molecule has 20 heavy (non-hydrogen) atoms. The summed E-state index contributed by atoms with van der Waals surface area (Å²) < 4.78 is 0. The van der Waals surface area contributed by atoms with Crippen molar-refractivity contribution in [3.05, 3.63) is 59.4 Å². The highest BCUT2D eigenvalue weighted by molar-refractivity contribution is 6.04. The Morgan fingerprint density at radius 1 is 1.10 bits per heavy atom. The highest BCUT2D eigenvalue weighted by Gasteiger charge is 2.13. The number of amides is 1. The van der Waals surface area contributed by atoms with E-state index in [-0.39, 0.29) is 11.3 Å². The van der Waals surface area contributed by atoms with Crippen LogP contribution in [-0.4, -0.2) is 10.9 Å². The minimum atomic E-state index is -0.112. The summed E-state index contributed by atoms with van der Waals surface area (Å²) in [6, 6.07) is 11.5. The molecule has 2 aromatic rings. The monoisotopic (exact) mass is 268 g/mol. The van der Waals surface area contributed by atoms with Crippen molar-refractivity contribution in [3.8, 4) is 0 Å². The fraction of sp³-hybridized carbons (Fsp3) is 0.294. The molecule has 2 rings (SSSR count). The van der Waals surface area contributed by atoms with Crippen molar-refractivity contribution in [1.29, 1.82) is 0 Å². The first kappa shape index (κ1) is 14.3. The van der Waals surface area contributed by atoms with Crippen LogP contribution in [0.4, 0.5) is 5.69 Å². The summed E-state index contributed by atoms with van der Waals surface area (Å²) in [7, 11) is 0. The van der Waals surface area contributed by atoms with Crippen LogP contribution in [0, 0.1) is 6.92 Å². The van der Waals surface area contributed by atoms with Crippen LogP contribution in [0.5, 0.6) is 0 Å². The Morgan fingerprint density at radius 2 is 1.75 bits per heavy atom. The fourth-order valence-electron chi connectivity index (χ4n) is 1.94. The molecule has 0 aliphatic heterocycles. The zero-order chi connectivity index (χ0) is 14.8.